The van der Waals surface area contributed by atoms with Crippen LogP contribution in [0.3, 0.4) is 0 Å². The molecule has 5 nitrogen and oxygen atoms in total. The van der Waals surface area contributed by atoms with Gasteiger partial charge in [-0.25, -0.2) is 0 Å². The maximum atomic E-state index is 12.3. The second kappa shape index (κ2) is 14.2. The van der Waals surface area contributed by atoms with E-state index < -0.39 is 0 Å². The van der Waals surface area contributed by atoms with Crippen molar-refractivity contribution in [1.82, 2.24) is 9.80 Å². The van der Waals surface area contributed by atoms with Crippen molar-refractivity contribution in [2.24, 2.45) is 0 Å². The average Bonchev–Trinajstić information content (AvgIpc) is 2.85. The lowest BCUT2D eigenvalue weighted by Gasteiger charge is -2.29. The maximum Gasteiger partial charge on any atom is 0.306 e. The van der Waals surface area contributed by atoms with Gasteiger partial charge in [-0.05, 0) is 38.8 Å². The van der Waals surface area contributed by atoms with Crippen LogP contribution < -0.4 is 0 Å². The van der Waals surface area contributed by atoms with Crippen molar-refractivity contribution >= 4 is 24.3 Å². The standard InChI is InChI=1S/C21H38N2O3.ClH/c1-2-3-4-5-8-13-21(25)26-19(18-23-16-11-12-20(23)24)17-22-14-9-6-7-10-15-22;/h19H,2-18H2,1H3;1H. The summed E-state index contributed by atoms with van der Waals surface area (Å²) in [6, 6.07) is 0. The smallest absolute Gasteiger partial charge is 0.306 e. The number of ether oxygens (including phenoxy) is 1. The predicted molar refractivity (Wildman–Crippen MR) is 111 cm³/mol. The number of nitrogens with zero attached hydrogens (tertiary/aromatic N) is 2. The van der Waals surface area contributed by atoms with Crippen molar-refractivity contribution in [2.45, 2.75) is 90.1 Å². The number of carbonyl (C=O) groups excluding carboxylic acids is 2. The number of hydrogen-bond acceptors (Lipinski definition) is 4. The normalized spacial score (nSPS) is 19.4. The zero-order valence-electron chi connectivity index (χ0n) is 17.1. The summed E-state index contributed by atoms with van der Waals surface area (Å²) in [6.45, 7) is 6.51. The molecule has 2 saturated heterocycles. The highest BCUT2D eigenvalue weighted by atomic mass is 35.5. The zero-order chi connectivity index (χ0) is 18.6. The topological polar surface area (TPSA) is 49.9 Å². The van der Waals surface area contributed by atoms with Crippen LogP contribution in [0.15, 0.2) is 0 Å². The summed E-state index contributed by atoms with van der Waals surface area (Å²) in [7, 11) is 0. The van der Waals surface area contributed by atoms with E-state index in [-0.39, 0.29) is 30.4 Å². The van der Waals surface area contributed by atoms with Crippen molar-refractivity contribution < 1.29 is 14.3 Å². The summed E-state index contributed by atoms with van der Waals surface area (Å²) in [4.78, 5) is 28.6. The molecule has 2 aliphatic rings. The van der Waals surface area contributed by atoms with Gasteiger partial charge in [-0.1, -0.05) is 45.4 Å². The largest absolute Gasteiger partial charge is 0.459 e. The van der Waals surface area contributed by atoms with Crippen LogP contribution in [0.4, 0.5) is 0 Å². The molecule has 0 radical (unpaired) electrons. The minimum atomic E-state index is -0.182. The Hall–Kier alpha value is -0.810. The number of rotatable bonds is 11. The molecule has 6 heteroatoms. The first kappa shape index (κ1) is 24.2. The van der Waals surface area contributed by atoms with Gasteiger partial charge in [0.2, 0.25) is 5.91 Å². The lowest BCUT2D eigenvalue weighted by Crippen LogP contribution is -2.43. The molecule has 158 valence electrons. The molecule has 0 aromatic rings. The van der Waals surface area contributed by atoms with Gasteiger partial charge in [0.15, 0.2) is 0 Å². The number of hydrogen-bond donors (Lipinski definition) is 0. The van der Waals surface area contributed by atoms with Crippen molar-refractivity contribution in [1.29, 1.82) is 0 Å². The number of halogens is 1. The Kier molecular flexibility index (Phi) is 12.8. The van der Waals surface area contributed by atoms with E-state index in [0.717, 1.165) is 45.4 Å². The molecule has 1 atom stereocenters. The molecule has 0 bridgehead atoms. The van der Waals surface area contributed by atoms with E-state index in [1.807, 2.05) is 4.90 Å². The van der Waals surface area contributed by atoms with E-state index in [0.29, 0.717) is 19.4 Å². The minimum absolute atomic E-state index is 0. The zero-order valence-corrected chi connectivity index (χ0v) is 17.9. The van der Waals surface area contributed by atoms with Gasteiger partial charge in [-0.15, -0.1) is 12.4 Å². The highest BCUT2D eigenvalue weighted by Gasteiger charge is 2.27. The van der Waals surface area contributed by atoms with Gasteiger partial charge >= 0.3 is 5.97 Å². The summed E-state index contributed by atoms with van der Waals surface area (Å²) in [6.07, 6.45) is 12.6. The lowest BCUT2D eigenvalue weighted by molar-refractivity contribution is -0.152. The Bertz CT molecular complexity index is 426. The van der Waals surface area contributed by atoms with Gasteiger partial charge in [-0.2, -0.15) is 0 Å². The molecule has 0 aliphatic carbocycles. The molecular formula is C21H39ClN2O3. The van der Waals surface area contributed by atoms with Crippen LogP contribution in [0.1, 0.15) is 84.0 Å². The molecule has 27 heavy (non-hydrogen) atoms. The highest BCUT2D eigenvalue weighted by molar-refractivity contribution is 5.85. The second-order valence-electron chi connectivity index (χ2n) is 7.93. The minimum Gasteiger partial charge on any atom is -0.459 e. The summed E-state index contributed by atoms with van der Waals surface area (Å²) in [5.41, 5.74) is 0. The third-order valence-corrected chi connectivity index (χ3v) is 5.54. The molecule has 0 aromatic heterocycles. The number of likely N-dealkylation sites (tertiary alicyclic amines) is 2. The van der Waals surface area contributed by atoms with Crippen molar-refractivity contribution in [3.63, 3.8) is 0 Å². The van der Waals surface area contributed by atoms with Gasteiger partial charge in [0.25, 0.3) is 0 Å². The van der Waals surface area contributed by atoms with E-state index in [2.05, 4.69) is 11.8 Å². The van der Waals surface area contributed by atoms with Crippen LogP contribution in [0.25, 0.3) is 0 Å². The number of unbranched alkanes of at least 4 members (excludes halogenated alkanes) is 4. The first-order valence-corrected chi connectivity index (χ1v) is 10.9. The molecule has 1 unspecified atom stereocenters. The van der Waals surface area contributed by atoms with Crippen molar-refractivity contribution in [3.8, 4) is 0 Å². The Morgan fingerprint density at radius 3 is 2.30 bits per heavy atom. The van der Waals surface area contributed by atoms with Crippen LogP contribution in [-0.2, 0) is 14.3 Å². The fourth-order valence-corrected chi connectivity index (χ4v) is 4.00. The van der Waals surface area contributed by atoms with Gasteiger partial charge in [0.05, 0.1) is 6.54 Å². The van der Waals surface area contributed by atoms with E-state index in [1.54, 1.807) is 0 Å². The number of esters is 1. The van der Waals surface area contributed by atoms with Gasteiger partial charge < -0.3 is 9.64 Å². The van der Waals surface area contributed by atoms with Crippen LogP contribution in [0.2, 0.25) is 0 Å². The first-order chi connectivity index (χ1) is 12.7. The Morgan fingerprint density at radius 1 is 0.963 bits per heavy atom. The summed E-state index contributed by atoms with van der Waals surface area (Å²) >= 11 is 0. The highest BCUT2D eigenvalue weighted by Crippen LogP contribution is 2.15. The number of carbonyl (C=O) groups is 2. The summed E-state index contributed by atoms with van der Waals surface area (Å²) in [5, 5.41) is 0. The molecule has 0 spiro atoms. The Labute approximate surface area is 171 Å². The summed E-state index contributed by atoms with van der Waals surface area (Å²) < 4.78 is 5.84. The molecule has 0 saturated carbocycles. The Morgan fingerprint density at radius 2 is 1.67 bits per heavy atom. The molecule has 2 fully saturated rings. The van der Waals surface area contributed by atoms with Gasteiger partial charge in [0.1, 0.15) is 6.10 Å². The molecule has 2 aliphatic heterocycles. The molecule has 0 N–H and O–H groups in total. The second-order valence-corrected chi connectivity index (χ2v) is 7.93. The van der Waals surface area contributed by atoms with Gasteiger partial charge in [-0.3, -0.25) is 14.5 Å². The van der Waals surface area contributed by atoms with Crippen LogP contribution in [-0.4, -0.2) is 60.5 Å². The summed E-state index contributed by atoms with van der Waals surface area (Å²) in [5.74, 6) is 0.120. The van der Waals surface area contributed by atoms with Crippen molar-refractivity contribution in [2.75, 3.05) is 32.7 Å². The Balaban J connectivity index is 0.00000364. The van der Waals surface area contributed by atoms with E-state index in [1.165, 1.54) is 44.9 Å². The van der Waals surface area contributed by atoms with Crippen LogP contribution >= 0.6 is 12.4 Å². The van der Waals surface area contributed by atoms with Crippen LogP contribution in [0, 0.1) is 0 Å². The molecular weight excluding hydrogens is 364 g/mol. The molecule has 2 heterocycles. The molecule has 2 rings (SSSR count). The first-order valence-electron chi connectivity index (χ1n) is 10.9. The fourth-order valence-electron chi connectivity index (χ4n) is 4.00. The van der Waals surface area contributed by atoms with E-state index in [9.17, 15) is 9.59 Å². The molecule has 1 amide bonds. The van der Waals surface area contributed by atoms with E-state index in [4.69, 9.17) is 4.74 Å². The van der Waals surface area contributed by atoms with E-state index >= 15 is 0 Å². The SMILES string of the molecule is CCCCCCCC(=O)OC(CN1CCCCCC1)CN1CCCC1=O.Cl. The lowest BCUT2D eigenvalue weighted by atomic mass is 10.1. The van der Waals surface area contributed by atoms with Crippen molar-refractivity contribution in [3.05, 3.63) is 0 Å². The number of amides is 1. The maximum absolute atomic E-state index is 12.3. The van der Waals surface area contributed by atoms with Crippen LogP contribution in [0.5, 0.6) is 0 Å². The third-order valence-electron chi connectivity index (χ3n) is 5.54. The predicted octanol–water partition coefficient (Wildman–Crippen LogP) is 4.18. The monoisotopic (exact) mass is 402 g/mol. The average molecular weight is 403 g/mol. The fraction of sp³-hybridized carbons (Fsp3) is 0.905. The quantitative estimate of drug-likeness (QED) is 0.384. The third kappa shape index (κ3) is 9.79. The molecule has 0 aromatic carbocycles. The van der Waals surface area contributed by atoms with Gasteiger partial charge in [0, 0.05) is 25.9 Å².